The number of para-hydroxylation sites is 1. The molecule has 26 heavy (non-hydrogen) atoms. The summed E-state index contributed by atoms with van der Waals surface area (Å²) in [6, 6.07) is 9.83. The SMILES string of the molecule is Cc1ccnc2c1NC(=O)CN2C(=O)[C@H](C)c1cn(C)c2ccccc12. The van der Waals surface area contributed by atoms with E-state index in [1.807, 2.05) is 62.0 Å². The van der Waals surface area contributed by atoms with Crippen LogP contribution in [0.3, 0.4) is 0 Å². The van der Waals surface area contributed by atoms with Gasteiger partial charge in [0.05, 0.1) is 11.6 Å². The minimum Gasteiger partial charge on any atom is -0.350 e. The first-order valence-electron chi connectivity index (χ1n) is 8.58. The van der Waals surface area contributed by atoms with Gasteiger partial charge in [0.1, 0.15) is 6.54 Å². The second-order valence-electron chi connectivity index (χ2n) is 6.73. The number of benzene rings is 1. The smallest absolute Gasteiger partial charge is 0.244 e. The lowest BCUT2D eigenvalue weighted by molar-refractivity contribution is -0.122. The summed E-state index contributed by atoms with van der Waals surface area (Å²) in [7, 11) is 1.97. The minimum absolute atomic E-state index is 0.0165. The summed E-state index contributed by atoms with van der Waals surface area (Å²) in [5.74, 6) is -0.202. The Morgan fingerprint density at radius 3 is 2.85 bits per heavy atom. The van der Waals surface area contributed by atoms with E-state index < -0.39 is 0 Å². The summed E-state index contributed by atoms with van der Waals surface area (Å²) < 4.78 is 2.02. The lowest BCUT2D eigenvalue weighted by Crippen LogP contribution is -2.44. The van der Waals surface area contributed by atoms with Crippen LogP contribution in [0.2, 0.25) is 0 Å². The number of carbonyl (C=O) groups excluding carboxylic acids is 2. The third-order valence-corrected chi connectivity index (χ3v) is 4.99. The van der Waals surface area contributed by atoms with Gasteiger partial charge in [-0.2, -0.15) is 0 Å². The van der Waals surface area contributed by atoms with Crippen LogP contribution in [-0.4, -0.2) is 27.9 Å². The van der Waals surface area contributed by atoms with E-state index in [4.69, 9.17) is 0 Å². The molecule has 0 saturated carbocycles. The highest BCUT2D eigenvalue weighted by atomic mass is 16.2. The standard InChI is InChI=1S/C20H20N4O2/c1-12-8-9-21-19-18(12)22-17(25)11-24(19)20(26)13(2)15-10-23(3)16-7-5-4-6-14(15)16/h4-10,13H,11H2,1-3H3,(H,22,25)/t13-/m1/s1. The number of aromatic nitrogens is 2. The van der Waals surface area contributed by atoms with Crippen LogP contribution in [0.15, 0.2) is 42.7 Å². The number of aryl methyl sites for hydroxylation is 2. The van der Waals surface area contributed by atoms with E-state index in [2.05, 4.69) is 10.3 Å². The number of amides is 2. The van der Waals surface area contributed by atoms with Gasteiger partial charge in [0.2, 0.25) is 11.8 Å². The van der Waals surface area contributed by atoms with E-state index in [9.17, 15) is 9.59 Å². The molecule has 1 aromatic carbocycles. The first-order valence-corrected chi connectivity index (χ1v) is 8.58. The average Bonchev–Trinajstić information content (AvgIpc) is 2.98. The number of fused-ring (bicyclic) bond motifs is 2. The van der Waals surface area contributed by atoms with Gasteiger partial charge in [-0.3, -0.25) is 14.5 Å². The molecular weight excluding hydrogens is 328 g/mol. The van der Waals surface area contributed by atoms with Crippen LogP contribution >= 0.6 is 0 Å². The second-order valence-corrected chi connectivity index (χ2v) is 6.73. The maximum absolute atomic E-state index is 13.3. The van der Waals surface area contributed by atoms with Crippen molar-refractivity contribution in [3.05, 3.63) is 53.9 Å². The Kier molecular flexibility index (Phi) is 3.76. The molecule has 3 aromatic rings. The highest BCUT2D eigenvalue weighted by Gasteiger charge is 2.33. The van der Waals surface area contributed by atoms with Gasteiger partial charge >= 0.3 is 0 Å². The topological polar surface area (TPSA) is 67.2 Å². The largest absolute Gasteiger partial charge is 0.350 e. The van der Waals surface area contributed by atoms with Crippen molar-refractivity contribution in [3.8, 4) is 0 Å². The Morgan fingerprint density at radius 2 is 2.04 bits per heavy atom. The number of rotatable bonds is 2. The molecule has 2 amide bonds. The maximum atomic E-state index is 13.3. The van der Waals surface area contributed by atoms with Crippen molar-refractivity contribution < 1.29 is 9.59 Å². The predicted octanol–water partition coefficient (Wildman–Crippen LogP) is 2.97. The molecule has 6 heteroatoms. The van der Waals surface area contributed by atoms with E-state index >= 15 is 0 Å². The molecule has 2 aromatic heterocycles. The molecule has 1 atom stereocenters. The number of nitrogens with one attached hydrogen (secondary N) is 1. The summed E-state index contributed by atoms with van der Waals surface area (Å²) in [5, 5.41) is 3.88. The van der Waals surface area contributed by atoms with Crippen LogP contribution in [0.1, 0.15) is 24.0 Å². The van der Waals surface area contributed by atoms with Crippen molar-refractivity contribution in [2.45, 2.75) is 19.8 Å². The molecule has 0 unspecified atom stereocenters. The van der Waals surface area contributed by atoms with Crippen LogP contribution in [-0.2, 0) is 16.6 Å². The molecule has 0 aliphatic carbocycles. The van der Waals surface area contributed by atoms with Gasteiger partial charge in [-0.05, 0) is 37.1 Å². The van der Waals surface area contributed by atoms with Gasteiger partial charge in [-0.15, -0.1) is 0 Å². The quantitative estimate of drug-likeness (QED) is 0.774. The van der Waals surface area contributed by atoms with Gasteiger partial charge in [0, 0.05) is 30.3 Å². The van der Waals surface area contributed by atoms with Crippen LogP contribution < -0.4 is 10.2 Å². The highest BCUT2D eigenvalue weighted by molar-refractivity contribution is 6.11. The monoisotopic (exact) mass is 348 g/mol. The first kappa shape index (κ1) is 16.3. The third kappa shape index (κ3) is 2.45. The molecule has 0 saturated heterocycles. The Bertz CT molecular complexity index is 1040. The molecule has 132 valence electrons. The minimum atomic E-state index is -0.387. The fraction of sp³-hybridized carbons (Fsp3) is 0.250. The van der Waals surface area contributed by atoms with Crippen LogP contribution in [0.25, 0.3) is 10.9 Å². The summed E-state index contributed by atoms with van der Waals surface area (Å²) >= 11 is 0. The van der Waals surface area contributed by atoms with E-state index in [0.717, 1.165) is 22.0 Å². The number of anilines is 2. The maximum Gasteiger partial charge on any atom is 0.244 e. The van der Waals surface area contributed by atoms with Gasteiger partial charge in [-0.25, -0.2) is 4.98 Å². The van der Waals surface area contributed by atoms with Gasteiger partial charge < -0.3 is 9.88 Å². The number of carbonyl (C=O) groups is 2. The van der Waals surface area contributed by atoms with Crippen LogP contribution in [0.5, 0.6) is 0 Å². The third-order valence-electron chi connectivity index (χ3n) is 4.99. The molecule has 0 radical (unpaired) electrons. The van der Waals surface area contributed by atoms with Crippen molar-refractivity contribution >= 4 is 34.2 Å². The fourth-order valence-corrected chi connectivity index (χ4v) is 3.57. The molecule has 0 fully saturated rings. The Labute approximate surface area is 151 Å². The Morgan fingerprint density at radius 1 is 1.27 bits per heavy atom. The molecule has 0 bridgehead atoms. The molecule has 1 N–H and O–H groups in total. The van der Waals surface area contributed by atoms with Gasteiger partial charge in [-0.1, -0.05) is 18.2 Å². The zero-order valence-electron chi connectivity index (χ0n) is 15.0. The number of hydrogen-bond acceptors (Lipinski definition) is 3. The molecular formula is C20H20N4O2. The molecule has 1 aliphatic heterocycles. The van der Waals surface area contributed by atoms with Crippen molar-refractivity contribution in [2.75, 3.05) is 16.8 Å². The van der Waals surface area contributed by atoms with E-state index in [-0.39, 0.29) is 24.3 Å². The van der Waals surface area contributed by atoms with E-state index in [1.54, 1.807) is 6.20 Å². The van der Waals surface area contributed by atoms with Crippen molar-refractivity contribution in [1.29, 1.82) is 0 Å². The lowest BCUT2D eigenvalue weighted by atomic mass is 9.98. The summed E-state index contributed by atoms with van der Waals surface area (Å²) in [5.41, 5.74) is 3.53. The fourth-order valence-electron chi connectivity index (χ4n) is 3.57. The molecule has 4 rings (SSSR count). The predicted molar refractivity (Wildman–Crippen MR) is 101 cm³/mol. The number of pyridine rings is 1. The van der Waals surface area contributed by atoms with E-state index in [0.29, 0.717) is 11.5 Å². The number of hydrogen-bond donors (Lipinski definition) is 1. The van der Waals surface area contributed by atoms with Crippen LogP contribution in [0, 0.1) is 6.92 Å². The summed E-state index contributed by atoms with van der Waals surface area (Å²) in [6.45, 7) is 3.76. The first-order chi connectivity index (χ1) is 12.5. The van der Waals surface area contributed by atoms with E-state index in [1.165, 1.54) is 4.90 Å². The zero-order chi connectivity index (χ0) is 18.4. The molecule has 0 spiro atoms. The highest BCUT2D eigenvalue weighted by Crippen LogP contribution is 2.34. The zero-order valence-corrected chi connectivity index (χ0v) is 15.0. The Hall–Kier alpha value is -3.15. The van der Waals surface area contributed by atoms with Gasteiger partial charge in [0.15, 0.2) is 5.82 Å². The molecule has 1 aliphatic rings. The van der Waals surface area contributed by atoms with Gasteiger partial charge in [0.25, 0.3) is 0 Å². The van der Waals surface area contributed by atoms with Crippen LogP contribution in [0.4, 0.5) is 11.5 Å². The number of nitrogens with zero attached hydrogens (tertiary/aromatic N) is 3. The average molecular weight is 348 g/mol. The Balaban J connectivity index is 1.76. The van der Waals surface area contributed by atoms with Crippen molar-refractivity contribution in [1.82, 2.24) is 9.55 Å². The molecule has 6 nitrogen and oxygen atoms in total. The van der Waals surface area contributed by atoms with Crippen molar-refractivity contribution in [3.63, 3.8) is 0 Å². The lowest BCUT2D eigenvalue weighted by Gasteiger charge is -2.30. The summed E-state index contributed by atoms with van der Waals surface area (Å²) in [4.78, 5) is 31.2. The second kappa shape index (κ2) is 5.98. The summed E-state index contributed by atoms with van der Waals surface area (Å²) in [6.07, 6.45) is 3.65. The van der Waals surface area contributed by atoms with Crippen molar-refractivity contribution in [2.24, 2.45) is 7.05 Å². The normalized spacial score (nSPS) is 14.9. The molecule has 3 heterocycles.